The summed E-state index contributed by atoms with van der Waals surface area (Å²) in [6.07, 6.45) is 3.14. The molecule has 0 saturated carbocycles. The molecule has 1 unspecified atom stereocenters. The van der Waals surface area contributed by atoms with Crippen molar-refractivity contribution in [3.05, 3.63) is 59.7 Å². The van der Waals surface area contributed by atoms with Gasteiger partial charge in [0.15, 0.2) is 0 Å². The van der Waals surface area contributed by atoms with Crippen LogP contribution in [0, 0.1) is 0 Å². The highest BCUT2D eigenvalue weighted by molar-refractivity contribution is 5.86. The van der Waals surface area contributed by atoms with Crippen molar-refractivity contribution in [2.24, 2.45) is 0 Å². The molecule has 2 aromatic rings. The van der Waals surface area contributed by atoms with E-state index in [1.807, 2.05) is 44.1 Å². The van der Waals surface area contributed by atoms with Crippen molar-refractivity contribution in [1.82, 2.24) is 4.90 Å². The Hall–Kier alpha value is -1.97. The van der Waals surface area contributed by atoms with Crippen LogP contribution in [0.25, 0.3) is 11.6 Å². The fourth-order valence-electron chi connectivity index (χ4n) is 2.99. The SMILES string of the molecule is CC(Oc1ccc2c(c1)OC(C)(C)C/C2=C\c1ccccc1)N(C)C.Cl. The molecule has 1 atom stereocenters. The third kappa shape index (κ3) is 4.80. The number of nitrogens with zero attached hydrogens (tertiary/aromatic N) is 1. The molecular formula is C22H28ClNO2. The lowest BCUT2D eigenvalue weighted by molar-refractivity contribution is 0.0790. The van der Waals surface area contributed by atoms with Crippen LogP contribution in [0.3, 0.4) is 0 Å². The van der Waals surface area contributed by atoms with Crippen molar-refractivity contribution in [3.63, 3.8) is 0 Å². The zero-order valence-electron chi connectivity index (χ0n) is 16.2. The predicted molar refractivity (Wildman–Crippen MR) is 111 cm³/mol. The third-order valence-electron chi connectivity index (χ3n) is 4.48. The van der Waals surface area contributed by atoms with E-state index in [0.29, 0.717) is 0 Å². The molecule has 140 valence electrons. The molecule has 0 bridgehead atoms. The Morgan fingerprint density at radius 2 is 1.81 bits per heavy atom. The minimum Gasteiger partial charge on any atom is -0.487 e. The lowest BCUT2D eigenvalue weighted by Crippen LogP contribution is -2.32. The standard InChI is InChI=1S/C22H27NO2.ClH/c1-16(23(4)5)24-19-11-12-20-18(13-17-9-7-6-8-10-17)15-22(2,3)25-21(20)14-19;/h6-14,16H,15H2,1-5H3;1H/b18-13+;. The number of benzene rings is 2. The second-order valence-electron chi connectivity index (χ2n) is 7.46. The quantitative estimate of drug-likeness (QED) is 0.661. The van der Waals surface area contributed by atoms with E-state index in [4.69, 9.17) is 9.47 Å². The summed E-state index contributed by atoms with van der Waals surface area (Å²) in [5.41, 5.74) is 3.42. The maximum Gasteiger partial charge on any atom is 0.149 e. The smallest absolute Gasteiger partial charge is 0.149 e. The second-order valence-corrected chi connectivity index (χ2v) is 7.46. The monoisotopic (exact) mass is 373 g/mol. The van der Waals surface area contributed by atoms with Gasteiger partial charge < -0.3 is 9.47 Å². The normalized spacial score (nSPS) is 17.8. The number of fused-ring (bicyclic) bond motifs is 1. The first-order chi connectivity index (χ1) is 11.8. The molecule has 4 heteroatoms. The summed E-state index contributed by atoms with van der Waals surface area (Å²) in [7, 11) is 4.01. The lowest BCUT2D eigenvalue weighted by atomic mass is 9.88. The van der Waals surface area contributed by atoms with Crippen molar-refractivity contribution >= 4 is 24.1 Å². The highest BCUT2D eigenvalue weighted by Gasteiger charge is 2.30. The Balaban J connectivity index is 0.00000243. The van der Waals surface area contributed by atoms with Gasteiger partial charge in [0.25, 0.3) is 0 Å². The average molecular weight is 374 g/mol. The van der Waals surface area contributed by atoms with Gasteiger partial charge in [0, 0.05) is 18.1 Å². The highest BCUT2D eigenvalue weighted by atomic mass is 35.5. The number of hydrogen-bond acceptors (Lipinski definition) is 3. The minimum absolute atomic E-state index is 0. The maximum absolute atomic E-state index is 6.24. The minimum atomic E-state index is -0.237. The van der Waals surface area contributed by atoms with Crippen LogP contribution in [0.2, 0.25) is 0 Å². The van der Waals surface area contributed by atoms with E-state index < -0.39 is 0 Å². The van der Waals surface area contributed by atoms with Crippen LogP contribution < -0.4 is 9.47 Å². The molecule has 1 aliphatic rings. The molecule has 2 aromatic carbocycles. The van der Waals surface area contributed by atoms with Gasteiger partial charge in [-0.25, -0.2) is 0 Å². The van der Waals surface area contributed by atoms with Crippen LogP contribution in [-0.4, -0.2) is 30.8 Å². The van der Waals surface area contributed by atoms with Crippen molar-refractivity contribution in [3.8, 4) is 11.5 Å². The summed E-state index contributed by atoms with van der Waals surface area (Å²) in [5.74, 6) is 1.72. The third-order valence-corrected chi connectivity index (χ3v) is 4.48. The fourth-order valence-corrected chi connectivity index (χ4v) is 2.99. The van der Waals surface area contributed by atoms with E-state index >= 15 is 0 Å². The molecule has 0 amide bonds. The summed E-state index contributed by atoms with van der Waals surface area (Å²) >= 11 is 0. The first kappa shape index (κ1) is 20.3. The van der Waals surface area contributed by atoms with Gasteiger partial charge in [-0.3, -0.25) is 4.90 Å². The Bertz CT molecular complexity index is 769. The summed E-state index contributed by atoms with van der Waals surface area (Å²) in [6.45, 7) is 6.29. The van der Waals surface area contributed by atoms with E-state index in [9.17, 15) is 0 Å². The molecule has 0 spiro atoms. The van der Waals surface area contributed by atoms with Gasteiger partial charge in [-0.05, 0) is 58.1 Å². The number of rotatable bonds is 4. The van der Waals surface area contributed by atoms with Crippen molar-refractivity contribution in [1.29, 1.82) is 0 Å². The summed E-state index contributed by atoms with van der Waals surface area (Å²) in [5, 5.41) is 0. The van der Waals surface area contributed by atoms with Crippen LogP contribution in [0.1, 0.15) is 38.3 Å². The molecule has 3 rings (SSSR count). The van der Waals surface area contributed by atoms with Crippen LogP contribution >= 0.6 is 12.4 Å². The van der Waals surface area contributed by atoms with Gasteiger partial charge in [-0.15, -0.1) is 12.4 Å². The first-order valence-electron chi connectivity index (χ1n) is 8.76. The highest BCUT2D eigenvalue weighted by Crippen LogP contribution is 2.42. The molecule has 0 aromatic heterocycles. The topological polar surface area (TPSA) is 21.7 Å². The number of halogens is 1. The summed E-state index contributed by atoms with van der Waals surface area (Å²) in [6, 6.07) is 16.6. The lowest BCUT2D eigenvalue weighted by Gasteiger charge is -2.34. The van der Waals surface area contributed by atoms with Gasteiger partial charge >= 0.3 is 0 Å². The largest absolute Gasteiger partial charge is 0.487 e. The van der Waals surface area contributed by atoms with Crippen LogP contribution in [-0.2, 0) is 0 Å². The Kier molecular flexibility index (Phi) is 6.38. The zero-order chi connectivity index (χ0) is 18.0. The van der Waals surface area contributed by atoms with Gasteiger partial charge in [0.05, 0.1) is 0 Å². The van der Waals surface area contributed by atoms with E-state index in [0.717, 1.165) is 23.5 Å². The molecule has 1 heterocycles. The Morgan fingerprint density at radius 3 is 2.46 bits per heavy atom. The Labute approximate surface area is 163 Å². The van der Waals surface area contributed by atoms with E-state index in [-0.39, 0.29) is 24.2 Å². The van der Waals surface area contributed by atoms with Gasteiger partial charge in [0.1, 0.15) is 23.3 Å². The maximum atomic E-state index is 6.24. The molecule has 0 fully saturated rings. The van der Waals surface area contributed by atoms with Gasteiger partial charge in [0.2, 0.25) is 0 Å². The molecule has 0 radical (unpaired) electrons. The van der Waals surface area contributed by atoms with Gasteiger partial charge in [-0.2, -0.15) is 0 Å². The number of hydrogen-bond donors (Lipinski definition) is 0. The molecule has 0 N–H and O–H groups in total. The van der Waals surface area contributed by atoms with Crippen molar-refractivity contribution in [2.75, 3.05) is 14.1 Å². The van der Waals surface area contributed by atoms with Crippen molar-refractivity contribution < 1.29 is 9.47 Å². The van der Waals surface area contributed by atoms with Crippen LogP contribution in [0.5, 0.6) is 11.5 Å². The molecule has 0 aliphatic carbocycles. The summed E-state index contributed by atoms with van der Waals surface area (Å²) < 4.78 is 12.2. The predicted octanol–water partition coefficient (Wildman–Crippen LogP) is 5.50. The number of ether oxygens (including phenoxy) is 2. The van der Waals surface area contributed by atoms with E-state index in [1.165, 1.54) is 11.1 Å². The first-order valence-corrected chi connectivity index (χ1v) is 8.76. The molecular weight excluding hydrogens is 346 g/mol. The van der Waals surface area contributed by atoms with Crippen molar-refractivity contribution in [2.45, 2.75) is 39.0 Å². The van der Waals surface area contributed by atoms with Gasteiger partial charge in [-0.1, -0.05) is 36.4 Å². The average Bonchev–Trinajstić information content (AvgIpc) is 2.54. The van der Waals surface area contributed by atoms with Crippen LogP contribution in [0.15, 0.2) is 48.5 Å². The molecule has 3 nitrogen and oxygen atoms in total. The summed E-state index contributed by atoms with van der Waals surface area (Å²) in [4.78, 5) is 2.03. The fraction of sp³-hybridized carbons (Fsp3) is 0.364. The van der Waals surface area contributed by atoms with E-state index in [2.05, 4.69) is 50.3 Å². The second kappa shape index (κ2) is 8.15. The zero-order valence-corrected chi connectivity index (χ0v) is 17.0. The molecule has 1 aliphatic heterocycles. The van der Waals surface area contributed by atoms with E-state index in [1.54, 1.807) is 0 Å². The van der Waals surface area contributed by atoms with Crippen LogP contribution in [0.4, 0.5) is 0 Å². The Morgan fingerprint density at radius 1 is 1.12 bits per heavy atom. The molecule has 26 heavy (non-hydrogen) atoms. The molecule has 0 saturated heterocycles.